The van der Waals surface area contributed by atoms with E-state index >= 15 is 0 Å². The van der Waals surface area contributed by atoms with Crippen molar-refractivity contribution >= 4 is 38.3 Å². The predicted molar refractivity (Wildman–Crippen MR) is 107 cm³/mol. The lowest BCUT2D eigenvalue weighted by Crippen LogP contribution is -2.27. The molecule has 0 unspecified atom stereocenters. The first-order valence-corrected chi connectivity index (χ1v) is 10.0. The third-order valence-corrected chi connectivity index (χ3v) is 5.59. The molecule has 0 aliphatic carbocycles. The maximum atomic E-state index is 12.4. The number of nitrogens with two attached hydrogens (primary N) is 1. The molecule has 144 valence electrons. The van der Waals surface area contributed by atoms with Crippen LogP contribution in [0.1, 0.15) is 16.8 Å². The molecule has 0 aliphatic heterocycles. The van der Waals surface area contributed by atoms with Gasteiger partial charge in [-0.15, -0.1) is 0 Å². The number of amides is 2. The predicted octanol–water partition coefficient (Wildman–Crippen LogP) is 2.25. The van der Waals surface area contributed by atoms with E-state index in [0.29, 0.717) is 11.3 Å². The number of benzene rings is 3. The second-order valence-electron chi connectivity index (χ2n) is 6.15. The third-order valence-electron chi connectivity index (χ3n) is 4.13. The number of hydrogen-bond donors (Lipinski definition) is 3. The Hall–Kier alpha value is -3.23. The minimum Gasteiger partial charge on any atom is -0.366 e. The van der Waals surface area contributed by atoms with E-state index in [-0.39, 0.29) is 23.8 Å². The largest absolute Gasteiger partial charge is 0.366 e. The third kappa shape index (κ3) is 4.73. The molecule has 3 aromatic rings. The Labute approximate surface area is 162 Å². The van der Waals surface area contributed by atoms with Crippen LogP contribution in [-0.2, 0) is 14.8 Å². The number of carbonyl (C=O) groups is 2. The lowest BCUT2D eigenvalue weighted by atomic mass is 10.1. The van der Waals surface area contributed by atoms with Crippen LogP contribution in [0.25, 0.3) is 10.8 Å². The van der Waals surface area contributed by atoms with Gasteiger partial charge in [-0.1, -0.05) is 30.3 Å². The average molecular weight is 397 g/mol. The summed E-state index contributed by atoms with van der Waals surface area (Å²) in [6.45, 7) is -0.0413. The van der Waals surface area contributed by atoms with Gasteiger partial charge in [0.05, 0.1) is 4.90 Å². The molecule has 0 radical (unpaired) electrons. The Morgan fingerprint density at radius 3 is 2.25 bits per heavy atom. The van der Waals surface area contributed by atoms with Crippen LogP contribution in [0.3, 0.4) is 0 Å². The Morgan fingerprint density at radius 2 is 1.57 bits per heavy atom. The fourth-order valence-corrected chi connectivity index (χ4v) is 3.72. The fraction of sp³-hybridized carbons (Fsp3) is 0.100. The second-order valence-corrected chi connectivity index (χ2v) is 7.91. The van der Waals surface area contributed by atoms with Gasteiger partial charge in [-0.05, 0) is 47.2 Å². The van der Waals surface area contributed by atoms with Crippen molar-refractivity contribution in [2.24, 2.45) is 5.73 Å². The molecule has 0 spiro atoms. The van der Waals surface area contributed by atoms with Crippen molar-refractivity contribution in [2.45, 2.75) is 11.3 Å². The van der Waals surface area contributed by atoms with E-state index in [0.717, 1.165) is 10.8 Å². The zero-order chi connectivity index (χ0) is 20.1. The van der Waals surface area contributed by atoms with Crippen molar-refractivity contribution in [1.82, 2.24) is 4.72 Å². The number of anilines is 1. The SMILES string of the molecule is NC(=O)c1ccc(NC(=O)CCNS(=O)(=O)c2ccc3ccccc3c2)cc1. The van der Waals surface area contributed by atoms with Crippen LogP contribution in [0, 0.1) is 0 Å². The zero-order valence-electron chi connectivity index (χ0n) is 14.9. The van der Waals surface area contributed by atoms with Gasteiger partial charge in [-0.25, -0.2) is 13.1 Å². The van der Waals surface area contributed by atoms with Crippen LogP contribution >= 0.6 is 0 Å². The van der Waals surface area contributed by atoms with Crippen molar-refractivity contribution in [3.8, 4) is 0 Å². The molecular weight excluding hydrogens is 378 g/mol. The van der Waals surface area contributed by atoms with Gasteiger partial charge in [-0.3, -0.25) is 9.59 Å². The summed E-state index contributed by atoms with van der Waals surface area (Å²) in [6.07, 6.45) is -0.0373. The van der Waals surface area contributed by atoms with Gasteiger partial charge in [0.15, 0.2) is 0 Å². The summed E-state index contributed by atoms with van der Waals surface area (Å²) in [4.78, 5) is 23.2. The molecule has 0 heterocycles. The standard InChI is InChI=1S/C20H19N3O4S/c21-20(25)15-5-8-17(9-6-15)23-19(24)11-12-22-28(26,27)18-10-7-14-3-1-2-4-16(14)13-18/h1-10,13,22H,11-12H2,(H2,21,25)(H,23,24). The molecule has 0 bridgehead atoms. The van der Waals surface area contributed by atoms with Crippen molar-refractivity contribution < 1.29 is 18.0 Å². The highest BCUT2D eigenvalue weighted by molar-refractivity contribution is 7.89. The number of fused-ring (bicyclic) bond motifs is 1. The molecule has 7 nitrogen and oxygen atoms in total. The van der Waals surface area contributed by atoms with E-state index in [4.69, 9.17) is 5.73 Å². The number of hydrogen-bond acceptors (Lipinski definition) is 4. The number of rotatable bonds is 7. The number of nitrogens with one attached hydrogen (secondary N) is 2. The normalized spacial score (nSPS) is 11.3. The number of carbonyl (C=O) groups excluding carboxylic acids is 2. The van der Waals surface area contributed by atoms with Gasteiger partial charge in [0.1, 0.15) is 0 Å². The van der Waals surface area contributed by atoms with Crippen LogP contribution in [0.5, 0.6) is 0 Å². The zero-order valence-corrected chi connectivity index (χ0v) is 15.7. The molecular formula is C20H19N3O4S. The Morgan fingerprint density at radius 1 is 0.893 bits per heavy atom. The van der Waals surface area contributed by atoms with Crippen LogP contribution in [0.2, 0.25) is 0 Å². The second kappa shape index (κ2) is 8.20. The van der Waals surface area contributed by atoms with Crippen LogP contribution in [0.15, 0.2) is 71.6 Å². The topological polar surface area (TPSA) is 118 Å². The van der Waals surface area contributed by atoms with Crippen LogP contribution in [0.4, 0.5) is 5.69 Å². The molecule has 0 saturated carbocycles. The first-order chi connectivity index (χ1) is 13.3. The van der Waals surface area contributed by atoms with E-state index in [1.807, 2.05) is 24.3 Å². The maximum absolute atomic E-state index is 12.4. The van der Waals surface area contributed by atoms with E-state index in [1.165, 1.54) is 18.2 Å². The lowest BCUT2D eigenvalue weighted by Gasteiger charge is -2.09. The highest BCUT2D eigenvalue weighted by Crippen LogP contribution is 2.18. The fourth-order valence-electron chi connectivity index (χ4n) is 2.66. The number of sulfonamides is 1. The Balaban J connectivity index is 1.56. The van der Waals surface area contributed by atoms with Crippen molar-refractivity contribution in [3.63, 3.8) is 0 Å². The minimum atomic E-state index is -3.72. The van der Waals surface area contributed by atoms with E-state index in [9.17, 15) is 18.0 Å². The van der Waals surface area contributed by atoms with Gasteiger partial charge in [0.25, 0.3) is 0 Å². The molecule has 28 heavy (non-hydrogen) atoms. The summed E-state index contributed by atoms with van der Waals surface area (Å²) in [5.74, 6) is -0.908. The summed E-state index contributed by atoms with van der Waals surface area (Å²) in [7, 11) is -3.72. The molecule has 2 amide bonds. The quantitative estimate of drug-likeness (QED) is 0.566. The van der Waals surface area contributed by atoms with Crippen molar-refractivity contribution in [2.75, 3.05) is 11.9 Å². The summed E-state index contributed by atoms with van der Waals surface area (Å²) in [5.41, 5.74) is 5.99. The summed E-state index contributed by atoms with van der Waals surface area (Å²) in [5, 5.41) is 4.40. The van der Waals surface area contributed by atoms with Crippen LogP contribution < -0.4 is 15.8 Å². The first kappa shape index (κ1) is 19.5. The van der Waals surface area contributed by atoms with Crippen molar-refractivity contribution in [3.05, 3.63) is 72.3 Å². The molecule has 0 atom stereocenters. The molecule has 0 fully saturated rings. The van der Waals surface area contributed by atoms with Gasteiger partial charge in [-0.2, -0.15) is 0 Å². The highest BCUT2D eigenvalue weighted by Gasteiger charge is 2.15. The highest BCUT2D eigenvalue weighted by atomic mass is 32.2. The van der Waals surface area contributed by atoms with Crippen LogP contribution in [-0.4, -0.2) is 26.8 Å². The maximum Gasteiger partial charge on any atom is 0.248 e. The first-order valence-electron chi connectivity index (χ1n) is 8.53. The van der Waals surface area contributed by atoms with Gasteiger partial charge >= 0.3 is 0 Å². The van der Waals surface area contributed by atoms with Gasteiger partial charge in [0, 0.05) is 24.2 Å². The summed E-state index contributed by atoms with van der Waals surface area (Å²) < 4.78 is 27.3. The van der Waals surface area contributed by atoms with E-state index in [1.54, 1.807) is 24.3 Å². The van der Waals surface area contributed by atoms with Gasteiger partial charge in [0.2, 0.25) is 21.8 Å². The summed E-state index contributed by atoms with van der Waals surface area (Å²) >= 11 is 0. The minimum absolute atomic E-state index is 0.0373. The van der Waals surface area contributed by atoms with Gasteiger partial charge < -0.3 is 11.1 Å². The van der Waals surface area contributed by atoms with E-state index < -0.39 is 15.9 Å². The summed E-state index contributed by atoms with van der Waals surface area (Å²) in [6, 6.07) is 18.4. The smallest absolute Gasteiger partial charge is 0.248 e. The molecule has 3 aromatic carbocycles. The van der Waals surface area contributed by atoms with Crippen molar-refractivity contribution in [1.29, 1.82) is 0 Å². The molecule has 0 aromatic heterocycles. The van der Waals surface area contributed by atoms with E-state index in [2.05, 4.69) is 10.0 Å². The molecule has 8 heteroatoms. The molecule has 3 rings (SSSR count). The monoisotopic (exact) mass is 397 g/mol. The average Bonchev–Trinajstić information content (AvgIpc) is 2.68. The Bertz CT molecular complexity index is 1130. The molecule has 0 aliphatic rings. The Kier molecular flexibility index (Phi) is 5.72. The molecule has 0 saturated heterocycles. The molecule has 4 N–H and O–H groups in total. The number of primary amides is 1. The lowest BCUT2D eigenvalue weighted by molar-refractivity contribution is -0.116.